The first-order valence-electron chi connectivity index (χ1n) is 6.06. The van der Waals surface area contributed by atoms with E-state index in [0.717, 1.165) is 23.7 Å². The molecule has 0 atom stereocenters. The third-order valence-electron chi connectivity index (χ3n) is 2.86. The highest BCUT2D eigenvalue weighted by Crippen LogP contribution is 2.15. The molecule has 1 heterocycles. The average Bonchev–Trinajstić information content (AvgIpc) is 2.48. The molecule has 5 nitrogen and oxygen atoms in total. The molecular weight excluding hydrogens is 272 g/mol. The van der Waals surface area contributed by atoms with Crippen LogP contribution >= 0.6 is 12.2 Å². The van der Waals surface area contributed by atoms with Crippen molar-refractivity contribution in [1.82, 2.24) is 9.97 Å². The minimum atomic E-state index is 0.252. The van der Waals surface area contributed by atoms with Crippen LogP contribution in [-0.2, 0) is 6.54 Å². The third-order valence-corrected chi connectivity index (χ3v) is 3.07. The molecule has 0 fully saturated rings. The summed E-state index contributed by atoms with van der Waals surface area (Å²) in [6.07, 6.45) is 3.25. The van der Waals surface area contributed by atoms with Gasteiger partial charge in [0.1, 0.15) is 22.2 Å². The highest BCUT2D eigenvalue weighted by molar-refractivity contribution is 7.80. The first kappa shape index (κ1) is 14.2. The number of anilines is 1. The number of aromatic nitrogens is 2. The number of methoxy groups -OCH3 is 1. The maximum atomic E-state index is 5.49. The molecule has 2 aromatic rings. The summed E-state index contributed by atoms with van der Waals surface area (Å²) < 4.78 is 5.13. The number of nitrogens with zero attached hydrogens (tertiary/aromatic N) is 3. The number of ether oxygens (including phenoxy) is 1. The molecule has 6 heteroatoms. The maximum absolute atomic E-state index is 5.49. The van der Waals surface area contributed by atoms with Gasteiger partial charge in [-0.1, -0.05) is 24.4 Å². The molecule has 0 spiro atoms. The van der Waals surface area contributed by atoms with Gasteiger partial charge in [-0.3, -0.25) is 0 Å². The number of thiocarbonyl (C=S) groups is 1. The number of benzene rings is 1. The fourth-order valence-electron chi connectivity index (χ4n) is 1.73. The van der Waals surface area contributed by atoms with Crippen molar-refractivity contribution in [1.29, 1.82) is 0 Å². The lowest BCUT2D eigenvalue weighted by Gasteiger charge is -2.18. The van der Waals surface area contributed by atoms with E-state index in [4.69, 9.17) is 22.7 Å². The van der Waals surface area contributed by atoms with Crippen molar-refractivity contribution in [3.8, 4) is 5.75 Å². The number of hydrogen-bond acceptors (Lipinski definition) is 5. The zero-order chi connectivity index (χ0) is 14.5. The molecule has 1 aromatic carbocycles. The smallest absolute Gasteiger partial charge is 0.147 e. The van der Waals surface area contributed by atoms with Crippen LogP contribution < -0.4 is 15.4 Å². The molecule has 2 rings (SSSR count). The summed E-state index contributed by atoms with van der Waals surface area (Å²) in [5, 5.41) is 0. The van der Waals surface area contributed by atoms with E-state index in [-0.39, 0.29) is 4.99 Å². The Labute approximate surface area is 123 Å². The molecule has 20 heavy (non-hydrogen) atoms. The third kappa shape index (κ3) is 3.42. The molecule has 0 saturated heterocycles. The van der Waals surface area contributed by atoms with Gasteiger partial charge < -0.3 is 15.4 Å². The standard InChI is InChI=1S/C14H16N4OS/c1-18(9-10-3-5-11(19-2)6-4-10)13-8-16-12(7-17-13)14(15)20/h3-8H,9H2,1-2H3,(H2,15,20). The summed E-state index contributed by atoms with van der Waals surface area (Å²) in [5.74, 6) is 1.61. The molecule has 104 valence electrons. The summed E-state index contributed by atoms with van der Waals surface area (Å²) in [6.45, 7) is 0.727. The van der Waals surface area contributed by atoms with E-state index < -0.39 is 0 Å². The highest BCUT2D eigenvalue weighted by Gasteiger charge is 2.06. The second kappa shape index (κ2) is 6.29. The summed E-state index contributed by atoms with van der Waals surface area (Å²) in [5.41, 5.74) is 7.18. The van der Waals surface area contributed by atoms with Crippen molar-refractivity contribution >= 4 is 23.0 Å². The predicted octanol–water partition coefficient (Wildman–Crippen LogP) is 1.76. The van der Waals surface area contributed by atoms with Crippen LogP contribution in [0.15, 0.2) is 36.7 Å². The summed E-state index contributed by atoms with van der Waals surface area (Å²) in [4.78, 5) is 10.7. The van der Waals surface area contributed by atoms with E-state index in [0.29, 0.717) is 5.69 Å². The van der Waals surface area contributed by atoms with Crippen molar-refractivity contribution in [2.45, 2.75) is 6.54 Å². The molecule has 2 N–H and O–H groups in total. The Morgan fingerprint density at radius 1 is 1.25 bits per heavy atom. The van der Waals surface area contributed by atoms with Gasteiger partial charge in [-0.25, -0.2) is 9.97 Å². The Hall–Kier alpha value is -2.21. The summed E-state index contributed by atoms with van der Waals surface area (Å²) in [6, 6.07) is 7.91. The average molecular weight is 288 g/mol. The number of rotatable bonds is 5. The fourth-order valence-corrected chi connectivity index (χ4v) is 1.84. The highest BCUT2D eigenvalue weighted by atomic mass is 32.1. The van der Waals surface area contributed by atoms with Gasteiger partial charge in [0.2, 0.25) is 0 Å². The van der Waals surface area contributed by atoms with Gasteiger partial charge in [-0.15, -0.1) is 0 Å². The Balaban J connectivity index is 2.06. The number of hydrogen-bond donors (Lipinski definition) is 1. The van der Waals surface area contributed by atoms with Crippen molar-refractivity contribution in [2.24, 2.45) is 5.73 Å². The van der Waals surface area contributed by atoms with Gasteiger partial charge in [0.05, 0.1) is 19.5 Å². The molecule has 1 aromatic heterocycles. The zero-order valence-corrected chi connectivity index (χ0v) is 12.2. The minimum Gasteiger partial charge on any atom is -0.497 e. The molecule has 0 aliphatic rings. The SMILES string of the molecule is COc1ccc(CN(C)c2cnc(C(N)=S)cn2)cc1. The van der Waals surface area contributed by atoms with Gasteiger partial charge in [-0.2, -0.15) is 0 Å². The summed E-state index contributed by atoms with van der Waals surface area (Å²) in [7, 11) is 3.61. The fraction of sp³-hybridized carbons (Fsp3) is 0.214. The molecule has 0 aliphatic heterocycles. The first-order chi connectivity index (χ1) is 9.60. The summed E-state index contributed by atoms with van der Waals surface area (Å²) >= 11 is 4.85. The van der Waals surface area contributed by atoms with Crippen LogP contribution in [0.3, 0.4) is 0 Å². The Morgan fingerprint density at radius 2 is 1.95 bits per heavy atom. The van der Waals surface area contributed by atoms with Gasteiger partial charge in [0, 0.05) is 13.6 Å². The first-order valence-corrected chi connectivity index (χ1v) is 6.47. The van der Waals surface area contributed by atoms with Crippen LogP contribution in [0.25, 0.3) is 0 Å². The number of nitrogens with two attached hydrogens (primary N) is 1. The largest absolute Gasteiger partial charge is 0.497 e. The van der Waals surface area contributed by atoms with Crippen molar-refractivity contribution in [3.63, 3.8) is 0 Å². The zero-order valence-electron chi connectivity index (χ0n) is 11.4. The minimum absolute atomic E-state index is 0.252. The van der Waals surface area contributed by atoms with E-state index in [1.54, 1.807) is 19.5 Å². The Bertz CT molecular complexity index is 583. The van der Waals surface area contributed by atoms with Crippen molar-refractivity contribution in [2.75, 3.05) is 19.1 Å². The van der Waals surface area contributed by atoms with Gasteiger partial charge in [0.25, 0.3) is 0 Å². The van der Waals surface area contributed by atoms with Crippen LogP contribution in [0.4, 0.5) is 5.82 Å². The lowest BCUT2D eigenvalue weighted by molar-refractivity contribution is 0.414. The van der Waals surface area contributed by atoms with E-state index in [9.17, 15) is 0 Å². The monoisotopic (exact) mass is 288 g/mol. The van der Waals surface area contributed by atoms with E-state index >= 15 is 0 Å². The van der Waals surface area contributed by atoms with E-state index in [2.05, 4.69) is 9.97 Å². The Kier molecular flexibility index (Phi) is 4.47. The molecule has 0 saturated carbocycles. The normalized spacial score (nSPS) is 10.1. The second-order valence-electron chi connectivity index (χ2n) is 4.33. The molecule has 0 radical (unpaired) electrons. The second-order valence-corrected chi connectivity index (χ2v) is 4.77. The van der Waals surface area contributed by atoms with Gasteiger partial charge in [-0.05, 0) is 17.7 Å². The van der Waals surface area contributed by atoms with Crippen LogP contribution in [0, 0.1) is 0 Å². The van der Waals surface area contributed by atoms with E-state index in [1.807, 2.05) is 36.2 Å². The Morgan fingerprint density at radius 3 is 2.45 bits per heavy atom. The molecule has 0 unspecified atom stereocenters. The quantitative estimate of drug-likeness (QED) is 0.846. The lowest BCUT2D eigenvalue weighted by Crippen LogP contribution is -2.19. The van der Waals surface area contributed by atoms with Gasteiger partial charge in [0.15, 0.2) is 0 Å². The van der Waals surface area contributed by atoms with Gasteiger partial charge >= 0.3 is 0 Å². The van der Waals surface area contributed by atoms with Crippen LogP contribution in [0.2, 0.25) is 0 Å². The molecule has 0 bridgehead atoms. The molecule has 0 amide bonds. The predicted molar refractivity (Wildman–Crippen MR) is 83.0 cm³/mol. The topological polar surface area (TPSA) is 64.3 Å². The van der Waals surface area contributed by atoms with Crippen molar-refractivity contribution < 1.29 is 4.74 Å². The van der Waals surface area contributed by atoms with Crippen LogP contribution in [0.1, 0.15) is 11.3 Å². The lowest BCUT2D eigenvalue weighted by atomic mass is 10.2. The van der Waals surface area contributed by atoms with Crippen LogP contribution in [-0.4, -0.2) is 29.1 Å². The van der Waals surface area contributed by atoms with Crippen molar-refractivity contribution in [3.05, 3.63) is 47.9 Å². The van der Waals surface area contributed by atoms with Crippen LogP contribution in [0.5, 0.6) is 5.75 Å². The molecule has 0 aliphatic carbocycles. The molecular formula is C14H16N4OS. The maximum Gasteiger partial charge on any atom is 0.147 e. The van der Waals surface area contributed by atoms with E-state index in [1.165, 1.54) is 0 Å².